The van der Waals surface area contributed by atoms with Gasteiger partial charge in [0.05, 0.1) is 6.10 Å². The van der Waals surface area contributed by atoms with E-state index in [1.165, 1.54) is 18.2 Å². The fraction of sp³-hybridized carbons (Fsp3) is 0.143. The van der Waals surface area contributed by atoms with Crippen molar-refractivity contribution in [2.24, 2.45) is 0 Å². The van der Waals surface area contributed by atoms with Gasteiger partial charge in [0.15, 0.2) is 17.5 Å². The Morgan fingerprint density at radius 2 is 1.65 bits per heavy atom. The molecule has 0 amide bonds. The number of halogens is 4. The van der Waals surface area contributed by atoms with Gasteiger partial charge < -0.3 is 10.4 Å². The number of benzene rings is 2. The third kappa shape index (κ3) is 3.27. The molecule has 2 N–H and O–H groups in total. The molecule has 2 rings (SSSR count). The maximum absolute atomic E-state index is 13.0. The summed E-state index contributed by atoms with van der Waals surface area (Å²) in [5, 5.41) is 12.4. The average Bonchev–Trinajstić information content (AvgIpc) is 2.42. The summed E-state index contributed by atoms with van der Waals surface area (Å²) in [6, 6.07) is 6.88. The van der Waals surface area contributed by atoms with E-state index in [0.717, 1.165) is 18.2 Å². The molecule has 0 spiro atoms. The van der Waals surface area contributed by atoms with Crippen molar-refractivity contribution in [1.82, 2.24) is 0 Å². The minimum Gasteiger partial charge on any atom is -0.387 e. The van der Waals surface area contributed by atoms with Gasteiger partial charge in [0.2, 0.25) is 0 Å². The Labute approximate surface area is 112 Å². The molecule has 106 valence electrons. The third-order valence-corrected chi connectivity index (χ3v) is 2.72. The van der Waals surface area contributed by atoms with Crippen molar-refractivity contribution in [1.29, 1.82) is 0 Å². The molecule has 1 unspecified atom stereocenters. The molecule has 0 saturated heterocycles. The normalized spacial score (nSPS) is 12.2. The number of hydrogen-bond donors (Lipinski definition) is 2. The van der Waals surface area contributed by atoms with Crippen LogP contribution in [0.1, 0.15) is 11.7 Å². The molecule has 2 aromatic rings. The smallest absolute Gasteiger partial charge is 0.194 e. The largest absolute Gasteiger partial charge is 0.387 e. The Hall–Kier alpha value is -2.08. The Balaban J connectivity index is 2.05. The summed E-state index contributed by atoms with van der Waals surface area (Å²) in [4.78, 5) is 0. The van der Waals surface area contributed by atoms with Crippen LogP contribution in [0.3, 0.4) is 0 Å². The first-order valence-corrected chi connectivity index (χ1v) is 5.79. The van der Waals surface area contributed by atoms with Gasteiger partial charge in [-0.15, -0.1) is 0 Å². The van der Waals surface area contributed by atoms with E-state index in [-0.39, 0.29) is 12.2 Å². The number of rotatable bonds is 4. The number of aliphatic hydroxyl groups is 1. The van der Waals surface area contributed by atoms with Gasteiger partial charge in [0.1, 0.15) is 5.82 Å². The van der Waals surface area contributed by atoms with E-state index >= 15 is 0 Å². The van der Waals surface area contributed by atoms with Gasteiger partial charge in [0, 0.05) is 24.4 Å². The van der Waals surface area contributed by atoms with Crippen LogP contribution in [0, 0.1) is 23.3 Å². The molecule has 2 nitrogen and oxygen atoms in total. The lowest BCUT2D eigenvalue weighted by Crippen LogP contribution is -2.13. The predicted octanol–water partition coefficient (Wildman–Crippen LogP) is 3.39. The SMILES string of the molecule is OC(CNc1cc(F)c(F)c(F)c1)c1cccc(F)c1. The Bertz CT molecular complexity index is 595. The van der Waals surface area contributed by atoms with Crippen LogP contribution in [0.4, 0.5) is 23.2 Å². The predicted molar refractivity (Wildman–Crippen MR) is 66.2 cm³/mol. The molecular formula is C14H11F4NO. The quantitative estimate of drug-likeness (QED) is 0.666. The minimum absolute atomic E-state index is 0.0168. The van der Waals surface area contributed by atoms with Gasteiger partial charge in [-0.1, -0.05) is 12.1 Å². The lowest BCUT2D eigenvalue weighted by Gasteiger charge is -2.13. The molecule has 20 heavy (non-hydrogen) atoms. The lowest BCUT2D eigenvalue weighted by molar-refractivity contribution is 0.191. The first-order chi connectivity index (χ1) is 9.47. The minimum atomic E-state index is -1.55. The summed E-state index contributed by atoms with van der Waals surface area (Å²) >= 11 is 0. The highest BCUT2D eigenvalue weighted by Gasteiger charge is 2.12. The van der Waals surface area contributed by atoms with Crippen molar-refractivity contribution in [3.8, 4) is 0 Å². The maximum Gasteiger partial charge on any atom is 0.194 e. The fourth-order valence-corrected chi connectivity index (χ4v) is 1.70. The third-order valence-electron chi connectivity index (χ3n) is 2.72. The molecule has 0 fully saturated rings. The van der Waals surface area contributed by atoms with Crippen LogP contribution in [0.2, 0.25) is 0 Å². The van der Waals surface area contributed by atoms with Crippen LogP contribution in [0.25, 0.3) is 0 Å². The summed E-state index contributed by atoms with van der Waals surface area (Å²) in [5.74, 6) is -4.71. The summed E-state index contributed by atoms with van der Waals surface area (Å²) in [6.45, 7) is -0.103. The zero-order valence-corrected chi connectivity index (χ0v) is 10.2. The van der Waals surface area contributed by atoms with Crippen LogP contribution in [-0.4, -0.2) is 11.7 Å². The second-order valence-electron chi connectivity index (χ2n) is 4.21. The van der Waals surface area contributed by atoms with E-state index in [1.54, 1.807) is 0 Å². The second-order valence-corrected chi connectivity index (χ2v) is 4.21. The number of aliphatic hydroxyl groups excluding tert-OH is 1. The fourth-order valence-electron chi connectivity index (χ4n) is 1.70. The van der Waals surface area contributed by atoms with Crippen LogP contribution in [-0.2, 0) is 0 Å². The van der Waals surface area contributed by atoms with E-state index in [2.05, 4.69) is 5.32 Å². The standard InChI is InChI=1S/C14H11F4NO/c15-9-3-1-2-8(4-9)13(20)7-19-10-5-11(16)14(18)12(17)6-10/h1-6,13,19-20H,7H2. The van der Waals surface area contributed by atoms with E-state index in [1.807, 2.05) is 0 Å². The molecule has 0 radical (unpaired) electrons. The van der Waals surface area contributed by atoms with Crippen molar-refractivity contribution >= 4 is 5.69 Å². The molecular weight excluding hydrogens is 274 g/mol. The summed E-state index contributed by atoms with van der Waals surface area (Å²) in [6.07, 6.45) is -1.07. The molecule has 2 aromatic carbocycles. The highest BCUT2D eigenvalue weighted by atomic mass is 19.2. The first-order valence-electron chi connectivity index (χ1n) is 5.79. The Morgan fingerprint density at radius 1 is 1.00 bits per heavy atom. The molecule has 0 bridgehead atoms. The van der Waals surface area contributed by atoms with Gasteiger partial charge in [-0.2, -0.15) is 0 Å². The van der Waals surface area contributed by atoms with E-state index in [9.17, 15) is 22.7 Å². The van der Waals surface area contributed by atoms with Crippen molar-refractivity contribution in [3.05, 3.63) is 65.2 Å². The van der Waals surface area contributed by atoms with E-state index in [0.29, 0.717) is 5.56 Å². The Morgan fingerprint density at radius 3 is 2.25 bits per heavy atom. The zero-order valence-electron chi connectivity index (χ0n) is 10.2. The topological polar surface area (TPSA) is 32.3 Å². The van der Waals surface area contributed by atoms with Gasteiger partial charge in [-0.05, 0) is 17.7 Å². The number of hydrogen-bond acceptors (Lipinski definition) is 2. The van der Waals surface area contributed by atoms with Gasteiger partial charge >= 0.3 is 0 Å². The zero-order chi connectivity index (χ0) is 14.7. The molecule has 0 aliphatic rings. The van der Waals surface area contributed by atoms with Gasteiger partial charge in [-0.25, -0.2) is 17.6 Å². The highest BCUT2D eigenvalue weighted by molar-refractivity contribution is 5.44. The van der Waals surface area contributed by atoms with Crippen molar-refractivity contribution in [3.63, 3.8) is 0 Å². The average molecular weight is 285 g/mol. The molecule has 1 atom stereocenters. The van der Waals surface area contributed by atoms with Crippen molar-refractivity contribution in [2.75, 3.05) is 11.9 Å². The first kappa shape index (κ1) is 14.3. The number of anilines is 1. The number of nitrogens with one attached hydrogen (secondary N) is 1. The van der Waals surface area contributed by atoms with Gasteiger partial charge in [0.25, 0.3) is 0 Å². The summed E-state index contributed by atoms with van der Waals surface area (Å²) in [7, 11) is 0. The maximum atomic E-state index is 13.0. The lowest BCUT2D eigenvalue weighted by atomic mass is 10.1. The Kier molecular flexibility index (Phi) is 4.24. The van der Waals surface area contributed by atoms with Crippen LogP contribution >= 0.6 is 0 Å². The van der Waals surface area contributed by atoms with E-state index < -0.39 is 29.4 Å². The van der Waals surface area contributed by atoms with Crippen LogP contribution < -0.4 is 5.32 Å². The molecule has 0 aromatic heterocycles. The van der Waals surface area contributed by atoms with Crippen molar-refractivity contribution in [2.45, 2.75) is 6.10 Å². The van der Waals surface area contributed by atoms with Gasteiger partial charge in [-0.3, -0.25) is 0 Å². The van der Waals surface area contributed by atoms with Crippen molar-refractivity contribution < 1.29 is 22.7 Å². The summed E-state index contributed by atoms with van der Waals surface area (Å²) < 4.78 is 51.7. The second kappa shape index (κ2) is 5.92. The molecule has 0 heterocycles. The van der Waals surface area contributed by atoms with Crippen LogP contribution in [0.15, 0.2) is 36.4 Å². The van der Waals surface area contributed by atoms with Crippen LogP contribution in [0.5, 0.6) is 0 Å². The summed E-state index contributed by atoms with van der Waals surface area (Å²) in [5.41, 5.74) is 0.303. The molecule has 0 aliphatic carbocycles. The highest BCUT2D eigenvalue weighted by Crippen LogP contribution is 2.19. The molecule has 6 heteroatoms. The monoisotopic (exact) mass is 285 g/mol. The molecule has 0 aliphatic heterocycles. The molecule has 0 saturated carbocycles. The van der Waals surface area contributed by atoms with E-state index in [4.69, 9.17) is 0 Å².